The highest BCUT2D eigenvalue weighted by atomic mass is 32.1. The number of fused-ring (bicyclic) bond motifs is 1. The van der Waals surface area contributed by atoms with E-state index in [1.165, 1.54) is 11.3 Å². The van der Waals surface area contributed by atoms with Gasteiger partial charge in [0, 0.05) is 12.5 Å². The van der Waals surface area contributed by atoms with Crippen LogP contribution in [0.4, 0.5) is 0 Å². The van der Waals surface area contributed by atoms with Gasteiger partial charge in [-0.1, -0.05) is 23.8 Å². The summed E-state index contributed by atoms with van der Waals surface area (Å²) < 4.78 is 7.91. The van der Waals surface area contributed by atoms with Crippen LogP contribution in [0, 0.1) is 5.92 Å². The highest BCUT2D eigenvalue weighted by Crippen LogP contribution is 2.27. The van der Waals surface area contributed by atoms with Crippen LogP contribution < -0.4 is 4.80 Å². The van der Waals surface area contributed by atoms with Gasteiger partial charge in [0.1, 0.15) is 0 Å². The highest BCUT2D eigenvalue weighted by molar-refractivity contribution is 7.16. The molecule has 1 amide bonds. The van der Waals surface area contributed by atoms with Crippen molar-refractivity contribution in [3.05, 3.63) is 41.2 Å². The Balaban J connectivity index is 2.05. The number of allylic oxidation sites excluding steroid dienone is 1. The average Bonchev–Trinajstić information content (AvgIpc) is 2.83. The number of amides is 1. The lowest BCUT2D eigenvalue weighted by Crippen LogP contribution is -2.24. The molecule has 1 aromatic heterocycles. The fourth-order valence-electron chi connectivity index (χ4n) is 2.65. The van der Waals surface area contributed by atoms with Crippen LogP contribution in [-0.2, 0) is 16.1 Å². The van der Waals surface area contributed by atoms with Crippen molar-refractivity contribution in [2.75, 3.05) is 6.61 Å². The minimum absolute atomic E-state index is 0.0452. The van der Waals surface area contributed by atoms with Crippen LogP contribution in [0.3, 0.4) is 0 Å². The van der Waals surface area contributed by atoms with E-state index in [2.05, 4.69) is 11.6 Å². The monoisotopic (exact) mass is 344 g/mol. The minimum atomic E-state index is -0.341. The summed E-state index contributed by atoms with van der Waals surface area (Å²) in [6.45, 7) is 6.47. The summed E-state index contributed by atoms with van der Waals surface area (Å²) >= 11 is 1.41. The number of carbonyl (C=O) groups is 2. The number of carbonyl (C=O) groups excluding carboxylic acids is 2. The SMILES string of the molecule is C=CCn1c(=NC(=O)C2CCC2)sc2cc(C(=O)OCC)ccc21. The summed E-state index contributed by atoms with van der Waals surface area (Å²) in [5.41, 5.74) is 1.45. The minimum Gasteiger partial charge on any atom is -0.462 e. The molecule has 0 unspecified atom stereocenters. The van der Waals surface area contributed by atoms with Gasteiger partial charge in [-0.25, -0.2) is 4.79 Å². The number of thiazole rings is 1. The molecule has 24 heavy (non-hydrogen) atoms. The molecule has 126 valence electrons. The van der Waals surface area contributed by atoms with Crippen LogP contribution in [0.5, 0.6) is 0 Å². The van der Waals surface area contributed by atoms with E-state index < -0.39 is 0 Å². The van der Waals surface area contributed by atoms with Gasteiger partial charge < -0.3 is 9.30 Å². The second kappa shape index (κ2) is 7.13. The molecule has 0 N–H and O–H groups in total. The number of rotatable bonds is 5. The van der Waals surface area contributed by atoms with Gasteiger partial charge in [0.15, 0.2) is 4.80 Å². The first-order chi connectivity index (χ1) is 11.6. The van der Waals surface area contributed by atoms with Gasteiger partial charge in [0.05, 0.1) is 22.4 Å². The fraction of sp³-hybridized carbons (Fsp3) is 0.389. The maximum absolute atomic E-state index is 12.2. The zero-order valence-corrected chi connectivity index (χ0v) is 14.5. The Bertz CT molecular complexity index is 859. The first-order valence-corrected chi connectivity index (χ1v) is 8.95. The molecule has 1 aliphatic carbocycles. The quantitative estimate of drug-likeness (QED) is 0.618. The lowest BCUT2D eigenvalue weighted by atomic mass is 9.85. The molecule has 6 heteroatoms. The molecule has 0 atom stereocenters. The van der Waals surface area contributed by atoms with E-state index in [-0.39, 0.29) is 17.8 Å². The van der Waals surface area contributed by atoms with Crippen LogP contribution in [-0.4, -0.2) is 23.1 Å². The zero-order valence-electron chi connectivity index (χ0n) is 13.7. The molecule has 0 spiro atoms. The molecular weight excluding hydrogens is 324 g/mol. The smallest absolute Gasteiger partial charge is 0.338 e. The number of benzene rings is 1. The maximum Gasteiger partial charge on any atom is 0.338 e. The largest absolute Gasteiger partial charge is 0.462 e. The lowest BCUT2D eigenvalue weighted by Gasteiger charge is -2.20. The van der Waals surface area contributed by atoms with Gasteiger partial charge in [-0.15, -0.1) is 6.58 Å². The number of esters is 1. The van der Waals surface area contributed by atoms with E-state index in [0.29, 0.717) is 23.5 Å². The van der Waals surface area contributed by atoms with Crippen molar-refractivity contribution >= 4 is 33.4 Å². The third-order valence-corrected chi connectivity index (χ3v) is 5.21. The van der Waals surface area contributed by atoms with Gasteiger partial charge in [0.25, 0.3) is 5.91 Å². The van der Waals surface area contributed by atoms with E-state index in [0.717, 1.165) is 29.5 Å². The van der Waals surface area contributed by atoms with E-state index in [9.17, 15) is 9.59 Å². The summed E-state index contributed by atoms with van der Waals surface area (Å²) in [5.74, 6) is -0.314. The Hall–Kier alpha value is -2.21. The van der Waals surface area contributed by atoms with Gasteiger partial charge >= 0.3 is 5.97 Å². The van der Waals surface area contributed by atoms with Gasteiger partial charge in [0.2, 0.25) is 0 Å². The molecule has 1 saturated carbocycles. The second-order valence-electron chi connectivity index (χ2n) is 5.76. The summed E-state index contributed by atoms with van der Waals surface area (Å²) in [6, 6.07) is 5.41. The van der Waals surface area contributed by atoms with Gasteiger partial charge in [-0.05, 0) is 38.0 Å². The highest BCUT2D eigenvalue weighted by Gasteiger charge is 2.25. The van der Waals surface area contributed by atoms with Crippen LogP contribution in [0.25, 0.3) is 10.2 Å². The number of hydrogen-bond acceptors (Lipinski definition) is 4. The molecule has 0 aliphatic heterocycles. The Morgan fingerprint density at radius 1 is 1.46 bits per heavy atom. The van der Waals surface area contributed by atoms with E-state index in [1.54, 1.807) is 25.1 Å². The topological polar surface area (TPSA) is 60.7 Å². The van der Waals surface area contributed by atoms with Crippen molar-refractivity contribution in [3.63, 3.8) is 0 Å². The first kappa shape index (κ1) is 16.6. The van der Waals surface area contributed by atoms with E-state index >= 15 is 0 Å². The number of aromatic nitrogens is 1. The third-order valence-electron chi connectivity index (χ3n) is 4.17. The molecule has 3 rings (SSSR count). The Labute approximate surface area is 144 Å². The van der Waals surface area contributed by atoms with Crippen molar-refractivity contribution in [3.8, 4) is 0 Å². The molecule has 0 bridgehead atoms. The second-order valence-corrected chi connectivity index (χ2v) is 6.77. The average molecular weight is 344 g/mol. The molecule has 0 saturated heterocycles. The van der Waals surface area contributed by atoms with Crippen LogP contribution in [0.1, 0.15) is 36.5 Å². The predicted octanol–water partition coefficient (Wildman–Crippen LogP) is 3.29. The molecule has 1 fully saturated rings. The number of nitrogens with zero attached hydrogens (tertiary/aromatic N) is 2. The van der Waals surface area contributed by atoms with E-state index in [1.807, 2.05) is 10.6 Å². The summed E-state index contributed by atoms with van der Waals surface area (Å²) in [5, 5.41) is 0. The molecule has 5 nitrogen and oxygen atoms in total. The molecule has 0 radical (unpaired) electrons. The van der Waals surface area contributed by atoms with Crippen molar-refractivity contribution in [1.82, 2.24) is 4.57 Å². The van der Waals surface area contributed by atoms with Crippen LogP contribution in [0.2, 0.25) is 0 Å². The van der Waals surface area contributed by atoms with Gasteiger partial charge in [-0.3, -0.25) is 4.79 Å². The molecular formula is C18H20N2O3S. The molecule has 1 aliphatic rings. The summed E-state index contributed by atoms with van der Waals surface area (Å²) in [4.78, 5) is 29.1. The first-order valence-electron chi connectivity index (χ1n) is 8.14. The zero-order chi connectivity index (χ0) is 17.1. The Morgan fingerprint density at radius 3 is 2.88 bits per heavy atom. The van der Waals surface area contributed by atoms with Crippen molar-refractivity contribution in [1.29, 1.82) is 0 Å². The Morgan fingerprint density at radius 2 is 2.25 bits per heavy atom. The van der Waals surface area contributed by atoms with Crippen molar-refractivity contribution in [2.24, 2.45) is 10.9 Å². The summed E-state index contributed by atoms with van der Waals surface area (Å²) in [6.07, 6.45) is 4.75. The summed E-state index contributed by atoms with van der Waals surface area (Å²) in [7, 11) is 0. The normalized spacial score (nSPS) is 15.3. The Kier molecular flexibility index (Phi) is 4.94. The van der Waals surface area contributed by atoms with Gasteiger partial charge in [-0.2, -0.15) is 4.99 Å². The van der Waals surface area contributed by atoms with Crippen molar-refractivity contribution in [2.45, 2.75) is 32.7 Å². The lowest BCUT2D eigenvalue weighted by molar-refractivity contribution is -0.124. The standard InChI is InChI=1S/C18H20N2O3S/c1-3-10-20-14-9-8-13(17(22)23-4-2)11-15(14)24-18(20)19-16(21)12-6-5-7-12/h3,8-9,11-12H,1,4-7,10H2,2H3. The van der Waals surface area contributed by atoms with Crippen LogP contribution in [0.15, 0.2) is 35.8 Å². The maximum atomic E-state index is 12.2. The molecule has 2 aromatic rings. The number of ether oxygens (including phenoxy) is 1. The third kappa shape index (κ3) is 3.19. The van der Waals surface area contributed by atoms with Crippen LogP contribution >= 0.6 is 11.3 Å². The number of hydrogen-bond donors (Lipinski definition) is 0. The van der Waals surface area contributed by atoms with E-state index in [4.69, 9.17) is 4.74 Å². The van der Waals surface area contributed by atoms with Crippen molar-refractivity contribution < 1.29 is 14.3 Å². The fourth-order valence-corrected chi connectivity index (χ4v) is 3.73. The molecule has 1 heterocycles. The predicted molar refractivity (Wildman–Crippen MR) is 93.9 cm³/mol. The molecule has 1 aromatic carbocycles.